The van der Waals surface area contributed by atoms with E-state index in [1.165, 1.54) is 11.1 Å². The molecule has 0 atom stereocenters. The van der Waals surface area contributed by atoms with Crippen LogP contribution in [-0.4, -0.2) is 7.11 Å². The molecule has 3 heteroatoms. The van der Waals surface area contributed by atoms with E-state index in [1.54, 1.807) is 7.11 Å². The van der Waals surface area contributed by atoms with Gasteiger partial charge in [-0.1, -0.05) is 38.1 Å². The molecule has 0 aliphatic heterocycles. The van der Waals surface area contributed by atoms with Crippen molar-refractivity contribution in [3.63, 3.8) is 0 Å². The van der Waals surface area contributed by atoms with Gasteiger partial charge in [0.25, 0.3) is 0 Å². The highest BCUT2D eigenvalue weighted by Crippen LogP contribution is 2.26. The highest BCUT2D eigenvalue weighted by molar-refractivity contribution is 5.85. The fraction of sp³-hybridized carbons (Fsp3) is 0.333. The van der Waals surface area contributed by atoms with E-state index in [-0.39, 0.29) is 12.4 Å². The van der Waals surface area contributed by atoms with Crippen LogP contribution in [0.1, 0.15) is 25.0 Å². The minimum absolute atomic E-state index is 0. The van der Waals surface area contributed by atoms with Gasteiger partial charge in [0.1, 0.15) is 5.75 Å². The van der Waals surface area contributed by atoms with Gasteiger partial charge in [0.15, 0.2) is 0 Å². The van der Waals surface area contributed by atoms with Crippen LogP contribution in [0.15, 0.2) is 42.5 Å². The molecule has 2 aromatic carbocycles. The van der Waals surface area contributed by atoms with E-state index in [9.17, 15) is 0 Å². The second kappa shape index (κ2) is 8.06. The summed E-state index contributed by atoms with van der Waals surface area (Å²) in [6, 6.07) is 14.9. The second-order valence-corrected chi connectivity index (χ2v) is 5.57. The lowest BCUT2D eigenvalue weighted by molar-refractivity contribution is 0.414. The standard InChI is InChI=1S/C18H23NO.ClH/c1-13(2)8-14-4-6-16(7-5-14)17-9-15(12-19)10-18(11-17)20-3;/h4-7,9-11,13H,8,12,19H2,1-3H3;1H. The molecule has 2 aromatic rings. The molecule has 0 unspecified atom stereocenters. The zero-order valence-corrected chi connectivity index (χ0v) is 13.7. The Kier molecular flexibility index (Phi) is 6.73. The predicted molar refractivity (Wildman–Crippen MR) is 92.1 cm³/mol. The molecule has 0 amide bonds. The summed E-state index contributed by atoms with van der Waals surface area (Å²) >= 11 is 0. The lowest BCUT2D eigenvalue weighted by Crippen LogP contribution is -1.98. The topological polar surface area (TPSA) is 35.2 Å². The SMILES string of the molecule is COc1cc(CN)cc(-c2ccc(CC(C)C)cc2)c1.Cl. The average Bonchev–Trinajstić information content (AvgIpc) is 2.46. The first kappa shape index (κ1) is 17.5. The summed E-state index contributed by atoms with van der Waals surface area (Å²) < 4.78 is 5.34. The molecule has 0 bridgehead atoms. The molecule has 0 aromatic heterocycles. The first-order chi connectivity index (χ1) is 9.62. The number of methoxy groups -OCH3 is 1. The summed E-state index contributed by atoms with van der Waals surface area (Å²) in [6.45, 7) is 5.00. The second-order valence-electron chi connectivity index (χ2n) is 5.57. The smallest absolute Gasteiger partial charge is 0.119 e. The van der Waals surface area contributed by atoms with Gasteiger partial charge in [0.05, 0.1) is 7.11 Å². The number of halogens is 1. The molecule has 2 rings (SSSR count). The third-order valence-electron chi connectivity index (χ3n) is 3.37. The molecule has 0 aliphatic rings. The van der Waals surface area contributed by atoms with Crippen molar-refractivity contribution in [3.8, 4) is 16.9 Å². The van der Waals surface area contributed by atoms with E-state index in [4.69, 9.17) is 10.5 Å². The average molecular weight is 306 g/mol. The Morgan fingerprint density at radius 1 is 0.952 bits per heavy atom. The number of ether oxygens (including phenoxy) is 1. The Labute approximate surface area is 133 Å². The molecule has 21 heavy (non-hydrogen) atoms. The van der Waals surface area contributed by atoms with Gasteiger partial charge >= 0.3 is 0 Å². The summed E-state index contributed by atoms with van der Waals surface area (Å²) in [4.78, 5) is 0. The molecule has 0 saturated heterocycles. The zero-order chi connectivity index (χ0) is 14.5. The van der Waals surface area contributed by atoms with Gasteiger partial charge in [-0.25, -0.2) is 0 Å². The summed E-state index contributed by atoms with van der Waals surface area (Å²) in [5, 5.41) is 0. The molecule has 0 aliphatic carbocycles. The Bertz CT molecular complexity index is 542. The van der Waals surface area contributed by atoms with Crippen molar-refractivity contribution >= 4 is 12.4 Å². The summed E-state index contributed by atoms with van der Waals surface area (Å²) in [7, 11) is 1.69. The Morgan fingerprint density at radius 3 is 2.14 bits per heavy atom. The van der Waals surface area contributed by atoms with Gasteiger partial charge in [-0.05, 0) is 52.8 Å². The molecule has 0 fully saturated rings. The van der Waals surface area contributed by atoms with Crippen LogP contribution in [0.2, 0.25) is 0 Å². The van der Waals surface area contributed by atoms with Crippen LogP contribution in [0.25, 0.3) is 11.1 Å². The van der Waals surface area contributed by atoms with Crippen molar-refractivity contribution in [2.45, 2.75) is 26.8 Å². The van der Waals surface area contributed by atoms with E-state index in [0.29, 0.717) is 12.5 Å². The summed E-state index contributed by atoms with van der Waals surface area (Å²) in [5.74, 6) is 1.54. The fourth-order valence-electron chi connectivity index (χ4n) is 2.37. The van der Waals surface area contributed by atoms with Gasteiger partial charge in [0.2, 0.25) is 0 Å². The summed E-state index contributed by atoms with van der Waals surface area (Å²) in [5.41, 5.74) is 10.6. The third-order valence-corrected chi connectivity index (χ3v) is 3.37. The van der Waals surface area contributed by atoms with E-state index in [0.717, 1.165) is 23.3 Å². The maximum atomic E-state index is 5.74. The van der Waals surface area contributed by atoms with Crippen molar-refractivity contribution in [2.24, 2.45) is 11.7 Å². The molecular weight excluding hydrogens is 282 g/mol. The maximum Gasteiger partial charge on any atom is 0.119 e. The van der Waals surface area contributed by atoms with Gasteiger partial charge in [-0.2, -0.15) is 0 Å². The van der Waals surface area contributed by atoms with Crippen molar-refractivity contribution in [2.75, 3.05) is 7.11 Å². The van der Waals surface area contributed by atoms with Crippen LogP contribution >= 0.6 is 12.4 Å². The van der Waals surface area contributed by atoms with Crippen molar-refractivity contribution in [3.05, 3.63) is 53.6 Å². The molecular formula is C18H24ClNO. The van der Waals surface area contributed by atoms with Crippen LogP contribution in [0.4, 0.5) is 0 Å². The molecule has 2 N–H and O–H groups in total. The molecule has 2 nitrogen and oxygen atoms in total. The minimum atomic E-state index is 0. The van der Waals surface area contributed by atoms with Crippen LogP contribution < -0.4 is 10.5 Å². The largest absolute Gasteiger partial charge is 0.497 e. The minimum Gasteiger partial charge on any atom is -0.497 e. The van der Waals surface area contributed by atoms with Crippen LogP contribution in [-0.2, 0) is 13.0 Å². The first-order valence-electron chi connectivity index (χ1n) is 7.09. The fourth-order valence-corrected chi connectivity index (χ4v) is 2.37. The number of hydrogen-bond donors (Lipinski definition) is 1. The number of benzene rings is 2. The van der Waals surface area contributed by atoms with E-state index in [1.807, 2.05) is 6.07 Å². The van der Waals surface area contributed by atoms with Crippen molar-refractivity contribution < 1.29 is 4.74 Å². The summed E-state index contributed by atoms with van der Waals surface area (Å²) in [6.07, 6.45) is 1.12. The van der Waals surface area contributed by atoms with Crippen LogP contribution in [0, 0.1) is 5.92 Å². The quantitative estimate of drug-likeness (QED) is 0.886. The van der Waals surface area contributed by atoms with Crippen molar-refractivity contribution in [1.29, 1.82) is 0 Å². The molecule has 0 saturated carbocycles. The zero-order valence-electron chi connectivity index (χ0n) is 12.9. The van der Waals surface area contributed by atoms with E-state index >= 15 is 0 Å². The number of hydrogen-bond acceptors (Lipinski definition) is 2. The van der Waals surface area contributed by atoms with Crippen LogP contribution in [0.5, 0.6) is 5.75 Å². The predicted octanol–water partition coefficient (Wildman–Crippen LogP) is 4.44. The van der Waals surface area contributed by atoms with Gasteiger partial charge in [-0.3, -0.25) is 0 Å². The Morgan fingerprint density at radius 2 is 1.62 bits per heavy atom. The highest BCUT2D eigenvalue weighted by atomic mass is 35.5. The van der Waals surface area contributed by atoms with E-state index < -0.39 is 0 Å². The van der Waals surface area contributed by atoms with Gasteiger partial charge in [0, 0.05) is 6.54 Å². The molecule has 0 spiro atoms. The molecule has 0 radical (unpaired) electrons. The van der Waals surface area contributed by atoms with Gasteiger partial charge in [-0.15, -0.1) is 12.4 Å². The lowest BCUT2D eigenvalue weighted by Gasteiger charge is -2.10. The Balaban J connectivity index is 0.00000220. The lowest BCUT2D eigenvalue weighted by atomic mass is 9.98. The van der Waals surface area contributed by atoms with Crippen LogP contribution in [0.3, 0.4) is 0 Å². The monoisotopic (exact) mass is 305 g/mol. The maximum absolute atomic E-state index is 5.74. The molecule has 0 heterocycles. The third kappa shape index (κ3) is 4.76. The first-order valence-corrected chi connectivity index (χ1v) is 7.09. The molecule has 114 valence electrons. The van der Waals surface area contributed by atoms with Crippen molar-refractivity contribution in [1.82, 2.24) is 0 Å². The number of rotatable bonds is 5. The Hall–Kier alpha value is -1.51. The normalized spacial score (nSPS) is 10.3. The van der Waals surface area contributed by atoms with Gasteiger partial charge < -0.3 is 10.5 Å². The highest BCUT2D eigenvalue weighted by Gasteiger charge is 2.04. The van der Waals surface area contributed by atoms with E-state index in [2.05, 4.69) is 50.2 Å². The number of nitrogens with two attached hydrogens (primary N) is 1.